The fourth-order valence-electron chi connectivity index (χ4n) is 4.52. The quantitative estimate of drug-likeness (QED) is 0.626. The molecule has 25 heavy (non-hydrogen) atoms. The number of nitrogens with zero attached hydrogens (tertiary/aromatic N) is 1. The molecular weight excluding hydrogens is 378 g/mol. The molecule has 0 saturated carbocycles. The average molecular weight is 406 g/mol. The van der Waals surface area contributed by atoms with Crippen molar-refractivity contribution in [1.29, 1.82) is 0 Å². The molecule has 0 N–H and O–H groups in total. The third kappa shape index (κ3) is 3.19. The number of benzene rings is 1. The normalized spacial score (nSPS) is 31.6. The van der Waals surface area contributed by atoms with Crippen molar-refractivity contribution in [3.05, 3.63) is 47.0 Å². The number of halogens is 1. The molecule has 3 nitrogen and oxygen atoms in total. The van der Waals surface area contributed by atoms with Gasteiger partial charge in [-0.25, -0.2) is 0 Å². The Balaban J connectivity index is 1.87. The highest BCUT2D eigenvalue weighted by Gasteiger charge is 2.62. The summed E-state index contributed by atoms with van der Waals surface area (Å²) in [6.07, 6.45) is 5.04. The van der Waals surface area contributed by atoms with Crippen LogP contribution in [-0.4, -0.2) is 29.2 Å². The van der Waals surface area contributed by atoms with Gasteiger partial charge in [-0.1, -0.05) is 54.1 Å². The highest BCUT2D eigenvalue weighted by molar-refractivity contribution is 9.10. The Morgan fingerprint density at radius 1 is 1.44 bits per heavy atom. The van der Waals surface area contributed by atoms with E-state index in [1.54, 1.807) is 0 Å². The lowest BCUT2D eigenvalue weighted by Crippen LogP contribution is -2.46. The SMILES string of the molecule is C=CC[C@@]1(CCc2ccccc2Br)C[C@@]2(C)OC[C@H](C(C)C)N2C1=O. The van der Waals surface area contributed by atoms with Crippen LogP contribution < -0.4 is 0 Å². The number of ether oxygens (including phenoxy) is 1. The van der Waals surface area contributed by atoms with Crippen molar-refractivity contribution in [2.45, 2.75) is 58.2 Å². The van der Waals surface area contributed by atoms with Gasteiger partial charge < -0.3 is 9.64 Å². The van der Waals surface area contributed by atoms with E-state index in [-0.39, 0.29) is 11.9 Å². The molecule has 1 amide bonds. The molecule has 4 heteroatoms. The van der Waals surface area contributed by atoms with Crippen LogP contribution in [0.25, 0.3) is 0 Å². The molecule has 0 spiro atoms. The molecule has 0 aromatic heterocycles. The second-order valence-corrected chi connectivity index (χ2v) is 8.87. The van der Waals surface area contributed by atoms with Crippen LogP contribution in [0.1, 0.15) is 45.6 Å². The number of allylic oxidation sites excluding steroid dienone is 1. The predicted octanol–water partition coefficient (Wildman–Crippen LogP) is 4.95. The van der Waals surface area contributed by atoms with Crippen LogP contribution in [0.15, 0.2) is 41.4 Å². The first-order valence-electron chi connectivity index (χ1n) is 9.15. The number of hydrogen-bond acceptors (Lipinski definition) is 2. The minimum atomic E-state index is -0.469. The van der Waals surface area contributed by atoms with E-state index in [4.69, 9.17) is 4.74 Å². The van der Waals surface area contributed by atoms with Crippen molar-refractivity contribution >= 4 is 21.8 Å². The first-order chi connectivity index (χ1) is 11.8. The van der Waals surface area contributed by atoms with Crippen LogP contribution in [0.5, 0.6) is 0 Å². The lowest BCUT2D eigenvalue weighted by atomic mass is 9.76. The molecule has 0 bridgehead atoms. The smallest absolute Gasteiger partial charge is 0.231 e. The number of amides is 1. The highest BCUT2D eigenvalue weighted by atomic mass is 79.9. The van der Waals surface area contributed by atoms with Gasteiger partial charge in [-0.05, 0) is 43.7 Å². The summed E-state index contributed by atoms with van der Waals surface area (Å²) in [7, 11) is 0. The first kappa shape index (κ1) is 18.7. The van der Waals surface area contributed by atoms with Gasteiger partial charge in [0.2, 0.25) is 5.91 Å². The van der Waals surface area contributed by atoms with Gasteiger partial charge in [0.15, 0.2) is 0 Å². The van der Waals surface area contributed by atoms with Crippen LogP contribution in [0, 0.1) is 11.3 Å². The van der Waals surface area contributed by atoms with Crippen molar-refractivity contribution in [3.63, 3.8) is 0 Å². The molecule has 136 valence electrons. The lowest BCUT2D eigenvalue weighted by Gasteiger charge is -2.31. The average Bonchev–Trinajstić information content (AvgIpc) is 2.99. The molecule has 2 fully saturated rings. The number of carbonyl (C=O) groups is 1. The van der Waals surface area contributed by atoms with Crippen LogP contribution >= 0.6 is 15.9 Å². The van der Waals surface area contributed by atoms with Crippen molar-refractivity contribution < 1.29 is 9.53 Å². The summed E-state index contributed by atoms with van der Waals surface area (Å²) in [4.78, 5) is 15.6. The van der Waals surface area contributed by atoms with E-state index < -0.39 is 11.1 Å². The second kappa shape index (κ2) is 6.88. The summed E-state index contributed by atoms with van der Waals surface area (Å²) >= 11 is 3.63. The fraction of sp³-hybridized carbons (Fsp3) is 0.571. The van der Waals surface area contributed by atoms with Gasteiger partial charge in [0.1, 0.15) is 5.72 Å². The van der Waals surface area contributed by atoms with Gasteiger partial charge in [0.05, 0.1) is 18.1 Å². The first-order valence-corrected chi connectivity index (χ1v) is 9.94. The summed E-state index contributed by atoms with van der Waals surface area (Å²) in [6, 6.07) is 8.43. The van der Waals surface area contributed by atoms with Crippen LogP contribution in [0.2, 0.25) is 0 Å². The maximum Gasteiger partial charge on any atom is 0.231 e. The number of hydrogen-bond donors (Lipinski definition) is 0. The van der Waals surface area contributed by atoms with Gasteiger partial charge in [0.25, 0.3) is 0 Å². The minimum absolute atomic E-state index is 0.174. The maximum absolute atomic E-state index is 13.5. The molecule has 0 aliphatic carbocycles. The van der Waals surface area contributed by atoms with Crippen molar-refractivity contribution in [3.8, 4) is 0 Å². The Labute approximate surface area is 159 Å². The molecule has 1 aromatic carbocycles. The monoisotopic (exact) mass is 405 g/mol. The fourth-order valence-corrected chi connectivity index (χ4v) is 5.00. The highest BCUT2D eigenvalue weighted by Crippen LogP contribution is 2.52. The summed E-state index contributed by atoms with van der Waals surface area (Å²) in [6.45, 7) is 11.0. The topological polar surface area (TPSA) is 29.5 Å². The van der Waals surface area contributed by atoms with Gasteiger partial charge in [-0.2, -0.15) is 0 Å². The molecule has 2 aliphatic heterocycles. The number of fused-ring (bicyclic) bond motifs is 1. The van der Waals surface area contributed by atoms with Crippen LogP contribution in [0.3, 0.4) is 0 Å². The van der Waals surface area contributed by atoms with Gasteiger partial charge in [0, 0.05) is 10.9 Å². The summed E-state index contributed by atoms with van der Waals surface area (Å²) < 4.78 is 7.26. The zero-order chi connectivity index (χ0) is 18.2. The molecule has 3 atom stereocenters. The Morgan fingerprint density at radius 3 is 2.80 bits per heavy atom. The zero-order valence-electron chi connectivity index (χ0n) is 15.4. The summed E-state index contributed by atoms with van der Waals surface area (Å²) in [5.41, 5.74) is 0.375. The standard InChI is InChI=1S/C21H28BrNO2/c1-5-11-21(12-10-16-8-6-7-9-17(16)22)14-20(4)23(19(21)24)18(13-25-20)15(2)3/h5-9,15,18H,1,10-14H2,2-4H3/t18-,20-,21-/m1/s1. The predicted molar refractivity (Wildman–Crippen MR) is 104 cm³/mol. The molecule has 1 aromatic rings. The molecule has 0 radical (unpaired) electrons. The third-order valence-electron chi connectivity index (χ3n) is 5.88. The van der Waals surface area contributed by atoms with Gasteiger partial charge in [-0.15, -0.1) is 6.58 Å². The summed E-state index contributed by atoms with van der Waals surface area (Å²) in [5.74, 6) is 0.645. The van der Waals surface area contributed by atoms with E-state index >= 15 is 0 Å². The second-order valence-electron chi connectivity index (χ2n) is 8.01. The van der Waals surface area contributed by atoms with Crippen molar-refractivity contribution in [2.24, 2.45) is 11.3 Å². The molecule has 0 unspecified atom stereocenters. The van der Waals surface area contributed by atoms with E-state index in [1.165, 1.54) is 5.56 Å². The number of aryl methyl sites for hydroxylation is 1. The zero-order valence-corrected chi connectivity index (χ0v) is 17.0. The van der Waals surface area contributed by atoms with E-state index in [1.807, 2.05) is 23.1 Å². The summed E-state index contributed by atoms with van der Waals surface area (Å²) in [5, 5.41) is 0. The Bertz CT molecular complexity index is 674. The Kier molecular flexibility index (Phi) is 5.13. The molecule has 2 heterocycles. The van der Waals surface area contributed by atoms with Crippen molar-refractivity contribution in [2.75, 3.05) is 6.61 Å². The van der Waals surface area contributed by atoms with E-state index in [0.717, 1.165) is 23.7 Å². The van der Waals surface area contributed by atoms with E-state index in [2.05, 4.69) is 55.4 Å². The van der Waals surface area contributed by atoms with E-state index in [9.17, 15) is 4.79 Å². The van der Waals surface area contributed by atoms with E-state index in [0.29, 0.717) is 18.9 Å². The molecule has 3 rings (SSSR count). The van der Waals surface area contributed by atoms with Crippen LogP contribution in [0.4, 0.5) is 0 Å². The maximum atomic E-state index is 13.5. The molecular formula is C21H28BrNO2. The van der Waals surface area contributed by atoms with Gasteiger partial charge in [-0.3, -0.25) is 4.79 Å². The Morgan fingerprint density at radius 2 is 2.16 bits per heavy atom. The molecule has 2 saturated heterocycles. The third-order valence-corrected chi connectivity index (χ3v) is 6.65. The number of carbonyl (C=O) groups excluding carboxylic acids is 1. The van der Waals surface area contributed by atoms with Crippen molar-refractivity contribution in [1.82, 2.24) is 4.90 Å². The lowest BCUT2D eigenvalue weighted by molar-refractivity contribution is -0.142. The van der Waals surface area contributed by atoms with Crippen LogP contribution in [-0.2, 0) is 16.0 Å². The van der Waals surface area contributed by atoms with Gasteiger partial charge >= 0.3 is 0 Å². The Hall–Kier alpha value is -1.13. The largest absolute Gasteiger partial charge is 0.354 e. The molecule has 2 aliphatic rings. The minimum Gasteiger partial charge on any atom is -0.354 e. The number of rotatable bonds is 6.